The zero-order valence-corrected chi connectivity index (χ0v) is 18.1. The Morgan fingerprint density at radius 2 is 1.53 bits per heavy atom. The van der Waals surface area contributed by atoms with Crippen LogP contribution in [-0.2, 0) is 6.54 Å². The van der Waals surface area contributed by atoms with Gasteiger partial charge in [0.05, 0.1) is 0 Å². The second-order valence-corrected chi connectivity index (χ2v) is 8.89. The van der Waals surface area contributed by atoms with Crippen LogP contribution in [0, 0.1) is 18.8 Å². The van der Waals surface area contributed by atoms with Crippen molar-refractivity contribution < 1.29 is 4.79 Å². The van der Waals surface area contributed by atoms with Crippen LogP contribution in [0.4, 0.5) is 0 Å². The first-order valence-electron chi connectivity index (χ1n) is 11.3. The van der Waals surface area contributed by atoms with Gasteiger partial charge in [0.25, 0.3) is 0 Å². The smallest absolute Gasteiger partial charge is 0.166 e. The van der Waals surface area contributed by atoms with Gasteiger partial charge in [-0.25, -0.2) is 0 Å². The normalized spacial score (nSPS) is 19.0. The van der Waals surface area contributed by atoms with Gasteiger partial charge < -0.3 is 4.90 Å². The van der Waals surface area contributed by atoms with Crippen molar-refractivity contribution >= 4 is 5.78 Å². The Hall–Kier alpha value is -2.46. The second kappa shape index (κ2) is 9.57. The number of ketones is 1. The number of carbonyl (C=O) groups excluding carboxylic acids is 1. The van der Waals surface area contributed by atoms with Crippen LogP contribution in [0.3, 0.4) is 0 Å². The first-order chi connectivity index (χ1) is 14.6. The van der Waals surface area contributed by atoms with Crippen LogP contribution in [-0.4, -0.2) is 46.7 Å². The minimum atomic E-state index is 0.152. The number of benzene rings is 1. The van der Waals surface area contributed by atoms with E-state index in [0.29, 0.717) is 11.7 Å². The summed E-state index contributed by atoms with van der Waals surface area (Å²) in [4.78, 5) is 21.9. The van der Waals surface area contributed by atoms with Gasteiger partial charge in [-0.3, -0.25) is 14.7 Å². The molecule has 4 nitrogen and oxygen atoms in total. The van der Waals surface area contributed by atoms with Crippen LogP contribution >= 0.6 is 0 Å². The van der Waals surface area contributed by atoms with Gasteiger partial charge in [-0.2, -0.15) is 0 Å². The fraction of sp³-hybridized carbons (Fsp3) is 0.462. The summed E-state index contributed by atoms with van der Waals surface area (Å²) in [5.74, 6) is 1.03. The number of likely N-dealkylation sites (tertiary alicyclic amines) is 2. The first kappa shape index (κ1) is 20.8. The van der Waals surface area contributed by atoms with Crippen molar-refractivity contribution in [2.24, 2.45) is 11.8 Å². The van der Waals surface area contributed by atoms with Gasteiger partial charge in [-0.15, -0.1) is 0 Å². The summed E-state index contributed by atoms with van der Waals surface area (Å²) in [6.07, 6.45) is 7.96. The van der Waals surface area contributed by atoms with Gasteiger partial charge in [0.15, 0.2) is 5.78 Å². The van der Waals surface area contributed by atoms with Crippen LogP contribution in [0.1, 0.15) is 47.2 Å². The van der Waals surface area contributed by atoms with E-state index in [4.69, 9.17) is 0 Å². The van der Waals surface area contributed by atoms with Gasteiger partial charge in [0.2, 0.25) is 0 Å². The predicted octanol–water partition coefficient (Wildman–Crippen LogP) is 4.71. The zero-order valence-electron chi connectivity index (χ0n) is 18.1. The Morgan fingerprint density at radius 3 is 2.17 bits per heavy atom. The molecule has 4 heteroatoms. The van der Waals surface area contributed by atoms with E-state index in [-0.39, 0.29) is 5.92 Å². The summed E-state index contributed by atoms with van der Waals surface area (Å²) in [5, 5.41) is 0. The number of allylic oxidation sites excluding steroid dienone is 1. The van der Waals surface area contributed by atoms with Crippen molar-refractivity contribution in [3.8, 4) is 0 Å². The third kappa shape index (κ3) is 4.99. The summed E-state index contributed by atoms with van der Waals surface area (Å²) >= 11 is 0. The molecule has 0 radical (unpaired) electrons. The van der Waals surface area contributed by atoms with Crippen molar-refractivity contribution in [1.29, 1.82) is 0 Å². The highest BCUT2D eigenvalue weighted by molar-refractivity contribution is 5.97. The van der Waals surface area contributed by atoms with Crippen LogP contribution in [0.2, 0.25) is 0 Å². The maximum atomic E-state index is 12.8. The Balaban J connectivity index is 1.24. The van der Waals surface area contributed by atoms with E-state index in [2.05, 4.69) is 40.4 Å². The topological polar surface area (TPSA) is 36.4 Å². The fourth-order valence-corrected chi connectivity index (χ4v) is 4.81. The molecular formula is C26H33N3O. The lowest BCUT2D eigenvalue weighted by atomic mass is 9.86. The maximum absolute atomic E-state index is 12.8. The molecule has 2 aromatic rings. The van der Waals surface area contributed by atoms with E-state index >= 15 is 0 Å². The van der Waals surface area contributed by atoms with E-state index in [1.165, 1.54) is 29.7 Å². The van der Waals surface area contributed by atoms with Gasteiger partial charge >= 0.3 is 0 Å². The fourth-order valence-electron chi connectivity index (χ4n) is 4.81. The second-order valence-electron chi connectivity index (χ2n) is 8.89. The quantitative estimate of drug-likeness (QED) is 0.655. The lowest BCUT2D eigenvalue weighted by molar-refractivity contribution is 0.0846. The Labute approximate surface area is 180 Å². The van der Waals surface area contributed by atoms with E-state index in [1.807, 2.05) is 36.7 Å². The van der Waals surface area contributed by atoms with Crippen molar-refractivity contribution in [2.45, 2.75) is 39.2 Å². The molecule has 2 aliphatic rings. The average molecular weight is 404 g/mol. The molecule has 0 unspecified atom stereocenters. The molecule has 2 aliphatic heterocycles. The minimum Gasteiger partial charge on any atom is -0.375 e. The number of aromatic nitrogens is 1. The van der Waals surface area contributed by atoms with Crippen LogP contribution < -0.4 is 0 Å². The monoisotopic (exact) mass is 403 g/mol. The summed E-state index contributed by atoms with van der Waals surface area (Å²) < 4.78 is 0. The van der Waals surface area contributed by atoms with E-state index in [1.54, 1.807) is 0 Å². The molecule has 0 saturated carbocycles. The number of aryl methyl sites for hydroxylation is 1. The van der Waals surface area contributed by atoms with E-state index in [0.717, 1.165) is 51.1 Å². The Kier molecular flexibility index (Phi) is 6.63. The number of nitrogens with zero attached hydrogens (tertiary/aromatic N) is 3. The highest BCUT2D eigenvalue weighted by atomic mass is 16.1. The van der Waals surface area contributed by atoms with Crippen molar-refractivity contribution in [2.75, 3.05) is 26.2 Å². The molecule has 0 amide bonds. The largest absolute Gasteiger partial charge is 0.375 e. The SMILES string of the molecule is C=C(C1CCN(Cc2ccncc2)CC1)N1CCC(C(=O)c2ccc(C)cc2)CC1. The van der Waals surface area contributed by atoms with Gasteiger partial charge in [0, 0.05) is 55.1 Å². The zero-order chi connectivity index (χ0) is 20.9. The standard InChI is InChI=1S/C26H33N3O/c1-20-3-5-24(6-4-20)26(30)25-11-17-29(18-12-25)21(2)23-9-15-28(16-10-23)19-22-7-13-27-14-8-22/h3-8,13-14,23,25H,2,9-12,15-19H2,1H3. The molecule has 158 valence electrons. The highest BCUT2D eigenvalue weighted by Gasteiger charge is 2.29. The molecule has 30 heavy (non-hydrogen) atoms. The molecule has 3 heterocycles. The van der Waals surface area contributed by atoms with Gasteiger partial charge in [-0.05, 0) is 63.4 Å². The molecule has 2 fully saturated rings. The number of pyridine rings is 1. The number of carbonyl (C=O) groups is 1. The first-order valence-corrected chi connectivity index (χ1v) is 11.3. The lowest BCUT2D eigenvalue weighted by Gasteiger charge is -2.40. The molecule has 1 aromatic heterocycles. The third-order valence-electron chi connectivity index (χ3n) is 6.82. The summed E-state index contributed by atoms with van der Waals surface area (Å²) in [7, 11) is 0. The van der Waals surface area contributed by atoms with E-state index < -0.39 is 0 Å². The van der Waals surface area contributed by atoms with Crippen molar-refractivity contribution in [1.82, 2.24) is 14.8 Å². The molecule has 0 atom stereocenters. The Bertz CT molecular complexity index is 846. The van der Waals surface area contributed by atoms with Gasteiger partial charge in [0.1, 0.15) is 0 Å². The molecule has 1 aromatic carbocycles. The van der Waals surface area contributed by atoms with Crippen LogP contribution in [0.25, 0.3) is 0 Å². The predicted molar refractivity (Wildman–Crippen MR) is 121 cm³/mol. The minimum absolute atomic E-state index is 0.152. The third-order valence-corrected chi connectivity index (χ3v) is 6.82. The summed E-state index contributed by atoms with van der Waals surface area (Å²) in [6, 6.07) is 12.2. The number of hydrogen-bond acceptors (Lipinski definition) is 4. The molecule has 2 saturated heterocycles. The summed E-state index contributed by atoms with van der Waals surface area (Å²) in [5.41, 5.74) is 4.69. The molecule has 0 bridgehead atoms. The van der Waals surface area contributed by atoms with E-state index in [9.17, 15) is 4.79 Å². The summed E-state index contributed by atoms with van der Waals surface area (Å²) in [6.45, 7) is 11.7. The molecule has 4 rings (SSSR count). The number of rotatable bonds is 6. The number of piperidine rings is 2. The highest BCUT2D eigenvalue weighted by Crippen LogP contribution is 2.31. The molecule has 0 spiro atoms. The number of Topliss-reactive ketones (excluding diaryl/α,β-unsaturated/α-hetero) is 1. The van der Waals surface area contributed by atoms with Crippen LogP contribution in [0.5, 0.6) is 0 Å². The van der Waals surface area contributed by atoms with Gasteiger partial charge in [-0.1, -0.05) is 36.4 Å². The molecule has 0 aliphatic carbocycles. The van der Waals surface area contributed by atoms with Crippen molar-refractivity contribution in [3.05, 3.63) is 77.8 Å². The average Bonchev–Trinajstić information content (AvgIpc) is 2.80. The lowest BCUT2D eigenvalue weighted by Crippen LogP contribution is -2.40. The molecular weight excluding hydrogens is 370 g/mol. The van der Waals surface area contributed by atoms with Crippen molar-refractivity contribution in [3.63, 3.8) is 0 Å². The molecule has 0 N–H and O–H groups in total. The number of hydrogen-bond donors (Lipinski definition) is 0. The maximum Gasteiger partial charge on any atom is 0.166 e. The van der Waals surface area contributed by atoms with Crippen LogP contribution in [0.15, 0.2) is 61.1 Å². The Morgan fingerprint density at radius 1 is 0.933 bits per heavy atom.